The van der Waals surface area contributed by atoms with Crippen molar-refractivity contribution in [3.8, 4) is 0 Å². The fraction of sp³-hybridized carbons (Fsp3) is 0.789. The van der Waals surface area contributed by atoms with Gasteiger partial charge < -0.3 is 19.6 Å². The van der Waals surface area contributed by atoms with Crippen LogP contribution in [0.2, 0.25) is 0 Å². The highest BCUT2D eigenvalue weighted by molar-refractivity contribution is 5.80. The first kappa shape index (κ1) is 19.2. The molecule has 2 fully saturated rings. The number of aromatic nitrogens is 1. The summed E-state index contributed by atoms with van der Waals surface area (Å²) in [6.07, 6.45) is 2.60. The smallest absolute Gasteiger partial charge is 0.194 e. The number of hydrogen-bond donors (Lipinski definition) is 1. The molecule has 7 heteroatoms. The van der Waals surface area contributed by atoms with Crippen LogP contribution in [0.5, 0.6) is 0 Å². The quantitative estimate of drug-likeness (QED) is 0.631. The number of nitrogens with zero attached hydrogens (tertiary/aromatic N) is 5. The number of aliphatic imine (C=N–C) groups is 1. The van der Waals surface area contributed by atoms with Crippen LogP contribution in [0.25, 0.3) is 0 Å². The van der Waals surface area contributed by atoms with Gasteiger partial charge in [-0.25, -0.2) is 0 Å². The molecule has 1 unspecified atom stereocenters. The molecule has 7 nitrogen and oxygen atoms in total. The van der Waals surface area contributed by atoms with E-state index in [1.165, 1.54) is 25.9 Å². The predicted molar refractivity (Wildman–Crippen MR) is 104 cm³/mol. The van der Waals surface area contributed by atoms with Gasteiger partial charge in [0, 0.05) is 58.4 Å². The lowest BCUT2D eigenvalue weighted by molar-refractivity contribution is 0.168. The van der Waals surface area contributed by atoms with Crippen molar-refractivity contribution in [3.05, 3.63) is 17.5 Å². The average molecular weight is 363 g/mol. The van der Waals surface area contributed by atoms with Crippen molar-refractivity contribution in [2.45, 2.75) is 33.2 Å². The van der Waals surface area contributed by atoms with Gasteiger partial charge >= 0.3 is 0 Å². The Labute approximate surface area is 157 Å². The maximum absolute atomic E-state index is 5.17. The van der Waals surface area contributed by atoms with Gasteiger partial charge in [0.2, 0.25) is 0 Å². The van der Waals surface area contributed by atoms with Crippen molar-refractivity contribution in [1.82, 2.24) is 25.2 Å². The zero-order chi connectivity index (χ0) is 18.4. The number of likely N-dealkylation sites (tertiary alicyclic amines) is 1. The molecule has 1 atom stereocenters. The van der Waals surface area contributed by atoms with E-state index in [1.807, 2.05) is 13.0 Å². The molecule has 26 heavy (non-hydrogen) atoms. The second-order valence-corrected chi connectivity index (χ2v) is 7.66. The van der Waals surface area contributed by atoms with Crippen molar-refractivity contribution >= 4 is 5.96 Å². The Morgan fingerprint density at radius 3 is 2.77 bits per heavy atom. The standard InChI is InChI=1S/C19H34N6O/c1-4-20-19(21-13-17-6-5-7-23(3)14-17)25-10-8-24(9-11-25)15-18-12-16(2)26-22-18/h12,17H,4-11,13-15H2,1-3H3,(H,20,21). The van der Waals surface area contributed by atoms with Gasteiger partial charge in [-0.2, -0.15) is 0 Å². The third kappa shape index (κ3) is 5.45. The Balaban J connectivity index is 1.50. The maximum Gasteiger partial charge on any atom is 0.194 e. The highest BCUT2D eigenvalue weighted by atomic mass is 16.5. The minimum Gasteiger partial charge on any atom is -0.361 e. The van der Waals surface area contributed by atoms with Gasteiger partial charge in [0.1, 0.15) is 5.76 Å². The Morgan fingerprint density at radius 2 is 2.12 bits per heavy atom. The predicted octanol–water partition coefficient (Wildman–Crippen LogP) is 1.41. The van der Waals surface area contributed by atoms with Gasteiger partial charge in [-0.05, 0) is 46.2 Å². The minimum absolute atomic E-state index is 0.694. The molecule has 0 aliphatic carbocycles. The number of piperidine rings is 1. The molecular formula is C19H34N6O. The summed E-state index contributed by atoms with van der Waals surface area (Å²) < 4.78 is 5.17. The largest absolute Gasteiger partial charge is 0.361 e. The van der Waals surface area contributed by atoms with E-state index >= 15 is 0 Å². The fourth-order valence-corrected chi connectivity index (χ4v) is 3.90. The summed E-state index contributed by atoms with van der Waals surface area (Å²) in [5, 5.41) is 7.60. The van der Waals surface area contributed by atoms with E-state index in [4.69, 9.17) is 9.52 Å². The molecule has 0 radical (unpaired) electrons. The molecular weight excluding hydrogens is 328 g/mol. The fourth-order valence-electron chi connectivity index (χ4n) is 3.90. The lowest BCUT2D eigenvalue weighted by Crippen LogP contribution is -2.52. The zero-order valence-corrected chi connectivity index (χ0v) is 16.6. The molecule has 0 bridgehead atoms. The molecule has 1 aromatic heterocycles. The van der Waals surface area contributed by atoms with Crippen LogP contribution in [0.3, 0.4) is 0 Å². The summed E-state index contributed by atoms with van der Waals surface area (Å²) in [6, 6.07) is 2.03. The average Bonchev–Trinajstić information content (AvgIpc) is 3.04. The van der Waals surface area contributed by atoms with E-state index in [9.17, 15) is 0 Å². The first-order chi connectivity index (χ1) is 12.6. The summed E-state index contributed by atoms with van der Waals surface area (Å²) in [5.74, 6) is 2.66. The molecule has 2 aliphatic heterocycles. The molecule has 3 heterocycles. The summed E-state index contributed by atoms with van der Waals surface area (Å²) in [4.78, 5) is 12.2. The Kier molecular flexibility index (Phi) is 6.91. The lowest BCUT2D eigenvalue weighted by Gasteiger charge is -2.36. The van der Waals surface area contributed by atoms with Crippen LogP contribution in [-0.4, -0.2) is 85.2 Å². The number of nitrogens with one attached hydrogen (secondary N) is 1. The molecule has 0 aromatic carbocycles. The number of piperazine rings is 1. The van der Waals surface area contributed by atoms with Crippen molar-refractivity contribution in [1.29, 1.82) is 0 Å². The molecule has 3 rings (SSSR count). The SMILES string of the molecule is CCNC(=NCC1CCCN(C)C1)N1CCN(Cc2cc(C)on2)CC1. The first-order valence-corrected chi connectivity index (χ1v) is 10.0. The molecule has 0 spiro atoms. The van der Waals surface area contributed by atoms with Crippen molar-refractivity contribution in [2.75, 3.05) is 59.4 Å². The van der Waals surface area contributed by atoms with Crippen LogP contribution in [0.1, 0.15) is 31.2 Å². The number of hydrogen-bond acceptors (Lipinski definition) is 5. The van der Waals surface area contributed by atoms with E-state index in [0.29, 0.717) is 5.92 Å². The van der Waals surface area contributed by atoms with Crippen molar-refractivity contribution < 1.29 is 4.52 Å². The van der Waals surface area contributed by atoms with Gasteiger partial charge in [-0.3, -0.25) is 9.89 Å². The van der Waals surface area contributed by atoms with E-state index in [1.54, 1.807) is 0 Å². The third-order valence-electron chi connectivity index (χ3n) is 5.29. The van der Waals surface area contributed by atoms with Crippen LogP contribution in [0.4, 0.5) is 0 Å². The highest BCUT2D eigenvalue weighted by Crippen LogP contribution is 2.15. The third-order valence-corrected chi connectivity index (χ3v) is 5.29. The van der Waals surface area contributed by atoms with Gasteiger partial charge in [-0.15, -0.1) is 0 Å². The molecule has 2 aliphatic rings. The molecule has 2 saturated heterocycles. The summed E-state index contributed by atoms with van der Waals surface area (Å²) in [7, 11) is 2.22. The van der Waals surface area contributed by atoms with Gasteiger partial charge in [0.05, 0.1) is 5.69 Å². The Morgan fingerprint density at radius 1 is 1.31 bits per heavy atom. The van der Waals surface area contributed by atoms with E-state index in [-0.39, 0.29) is 0 Å². The first-order valence-electron chi connectivity index (χ1n) is 10.0. The second-order valence-electron chi connectivity index (χ2n) is 7.66. The van der Waals surface area contributed by atoms with E-state index in [0.717, 1.165) is 63.2 Å². The molecule has 1 N–H and O–H groups in total. The van der Waals surface area contributed by atoms with Crippen molar-refractivity contribution in [3.63, 3.8) is 0 Å². The zero-order valence-electron chi connectivity index (χ0n) is 16.6. The summed E-state index contributed by atoms with van der Waals surface area (Å²) >= 11 is 0. The van der Waals surface area contributed by atoms with Crippen LogP contribution in [-0.2, 0) is 6.54 Å². The Hall–Kier alpha value is -1.60. The van der Waals surface area contributed by atoms with E-state index < -0.39 is 0 Å². The van der Waals surface area contributed by atoms with Crippen LogP contribution in [0.15, 0.2) is 15.6 Å². The monoisotopic (exact) mass is 362 g/mol. The maximum atomic E-state index is 5.17. The summed E-state index contributed by atoms with van der Waals surface area (Å²) in [6.45, 7) is 13.3. The molecule has 0 saturated carbocycles. The number of guanidine groups is 1. The number of aryl methyl sites for hydroxylation is 1. The van der Waals surface area contributed by atoms with Gasteiger partial charge in [0.25, 0.3) is 0 Å². The van der Waals surface area contributed by atoms with E-state index in [2.05, 4.69) is 39.1 Å². The molecule has 146 valence electrons. The van der Waals surface area contributed by atoms with Gasteiger partial charge in [-0.1, -0.05) is 5.16 Å². The Bertz CT molecular complexity index is 578. The number of rotatable bonds is 5. The normalized spacial score (nSPS) is 23.4. The van der Waals surface area contributed by atoms with Crippen LogP contribution < -0.4 is 5.32 Å². The second kappa shape index (κ2) is 9.37. The van der Waals surface area contributed by atoms with Gasteiger partial charge in [0.15, 0.2) is 5.96 Å². The minimum atomic E-state index is 0.694. The molecule has 1 aromatic rings. The van der Waals surface area contributed by atoms with Crippen molar-refractivity contribution in [2.24, 2.45) is 10.9 Å². The van der Waals surface area contributed by atoms with Crippen LogP contribution in [0, 0.1) is 12.8 Å². The summed E-state index contributed by atoms with van der Waals surface area (Å²) in [5.41, 5.74) is 1.03. The topological polar surface area (TPSA) is 60.1 Å². The highest BCUT2D eigenvalue weighted by Gasteiger charge is 2.22. The lowest BCUT2D eigenvalue weighted by atomic mass is 9.99. The van der Waals surface area contributed by atoms with Crippen LogP contribution >= 0.6 is 0 Å². The molecule has 0 amide bonds.